The number of hydrogen-bond donors (Lipinski definition) is 1. The number of hydrogen-bond acceptors (Lipinski definition) is 4. The highest BCUT2D eigenvalue weighted by Gasteiger charge is 2.30. The number of ether oxygens (including phenoxy) is 1. The van der Waals surface area contributed by atoms with Crippen molar-refractivity contribution in [3.63, 3.8) is 0 Å². The molecule has 2 aromatic rings. The number of nitrogens with one attached hydrogen (secondary N) is 1. The Morgan fingerprint density at radius 1 is 1.38 bits per heavy atom. The minimum Gasteiger partial charge on any atom is -0.487 e. The van der Waals surface area contributed by atoms with E-state index in [0.29, 0.717) is 31.8 Å². The lowest BCUT2D eigenvalue weighted by Gasteiger charge is -2.20. The van der Waals surface area contributed by atoms with Crippen LogP contribution in [-0.2, 0) is 11.4 Å². The number of carbonyl (C=O) groups is 2. The Balaban J connectivity index is 1.53. The molecule has 26 heavy (non-hydrogen) atoms. The molecule has 7 heteroatoms. The van der Waals surface area contributed by atoms with Crippen LogP contribution in [-0.4, -0.2) is 58.5 Å². The van der Waals surface area contributed by atoms with Gasteiger partial charge in [0, 0.05) is 39.0 Å². The van der Waals surface area contributed by atoms with Crippen LogP contribution in [0, 0.1) is 5.92 Å². The summed E-state index contributed by atoms with van der Waals surface area (Å²) in [5.41, 5.74) is 1.09. The summed E-state index contributed by atoms with van der Waals surface area (Å²) < 4.78 is 5.65. The molecule has 0 bridgehead atoms. The molecule has 0 unspecified atom stereocenters. The number of amides is 2. The summed E-state index contributed by atoms with van der Waals surface area (Å²) in [5.74, 6) is 0.947. The number of aromatic amines is 1. The van der Waals surface area contributed by atoms with Crippen molar-refractivity contribution in [3.8, 4) is 5.75 Å². The van der Waals surface area contributed by atoms with Crippen LogP contribution in [0.1, 0.15) is 29.5 Å². The molecule has 138 valence electrons. The number of benzene rings is 1. The van der Waals surface area contributed by atoms with Crippen LogP contribution in [0.5, 0.6) is 5.75 Å². The minimum atomic E-state index is -0.158. The van der Waals surface area contributed by atoms with Crippen LogP contribution in [0.2, 0.25) is 0 Å². The van der Waals surface area contributed by atoms with Crippen molar-refractivity contribution in [3.05, 3.63) is 47.8 Å². The first-order chi connectivity index (χ1) is 12.6. The van der Waals surface area contributed by atoms with E-state index in [1.807, 2.05) is 42.2 Å². The molecule has 0 aliphatic carbocycles. The number of aromatic nitrogens is 2. The Bertz CT molecular complexity index is 759. The quantitative estimate of drug-likeness (QED) is 0.822. The molecule has 1 aliphatic rings. The average Bonchev–Trinajstić information content (AvgIpc) is 3.26. The standard InChI is InChI=1S/C19H24N4O3/c1-3-23-12-14(9-18(23)24)11-22(2)19(25)17-10-15(20-21-17)13-26-16-7-5-4-6-8-16/h4-8,10,14H,3,9,11-13H2,1-2H3,(H,20,21)/t14-/m0/s1. The van der Waals surface area contributed by atoms with Crippen molar-refractivity contribution in [1.29, 1.82) is 0 Å². The molecule has 1 atom stereocenters. The van der Waals surface area contributed by atoms with Crippen molar-refractivity contribution < 1.29 is 14.3 Å². The van der Waals surface area contributed by atoms with E-state index in [9.17, 15) is 9.59 Å². The lowest BCUT2D eigenvalue weighted by Crippen LogP contribution is -2.33. The Kier molecular flexibility index (Phi) is 5.55. The van der Waals surface area contributed by atoms with Crippen molar-refractivity contribution in [2.24, 2.45) is 5.92 Å². The van der Waals surface area contributed by atoms with Gasteiger partial charge in [0.2, 0.25) is 5.91 Å². The summed E-state index contributed by atoms with van der Waals surface area (Å²) in [7, 11) is 1.75. The van der Waals surface area contributed by atoms with Gasteiger partial charge in [0.05, 0.1) is 5.69 Å². The summed E-state index contributed by atoms with van der Waals surface area (Å²) >= 11 is 0. The largest absolute Gasteiger partial charge is 0.487 e. The molecule has 3 rings (SSSR count). The van der Waals surface area contributed by atoms with Gasteiger partial charge in [-0.2, -0.15) is 5.10 Å². The predicted molar refractivity (Wildman–Crippen MR) is 96.7 cm³/mol. The molecule has 1 saturated heterocycles. The Morgan fingerprint density at radius 2 is 2.15 bits per heavy atom. The number of carbonyl (C=O) groups excluding carboxylic acids is 2. The molecule has 7 nitrogen and oxygen atoms in total. The number of para-hydroxylation sites is 1. The van der Waals surface area contributed by atoms with Crippen LogP contribution in [0.25, 0.3) is 0 Å². The molecule has 2 amide bonds. The zero-order valence-corrected chi connectivity index (χ0v) is 15.1. The van der Waals surface area contributed by atoms with E-state index in [2.05, 4.69) is 10.2 Å². The fourth-order valence-corrected chi connectivity index (χ4v) is 3.17. The highest BCUT2D eigenvalue weighted by molar-refractivity contribution is 5.92. The highest BCUT2D eigenvalue weighted by Crippen LogP contribution is 2.19. The van der Waals surface area contributed by atoms with E-state index < -0.39 is 0 Å². The van der Waals surface area contributed by atoms with Gasteiger partial charge in [-0.1, -0.05) is 18.2 Å². The first kappa shape index (κ1) is 18.0. The summed E-state index contributed by atoms with van der Waals surface area (Å²) in [6.45, 7) is 4.26. The van der Waals surface area contributed by atoms with E-state index in [1.54, 1.807) is 18.0 Å². The third-order valence-electron chi connectivity index (χ3n) is 4.54. The molecule has 1 fully saturated rings. The average molecular weight is 356 g/mol. The van der Waals surface area contributed by atoms with E-state index in [-0.39, 0.29) is 17.7 Å². The van der Waals surface area contributed by atoms with Gasteiger partial charge in [-0.05, 0) is 25.1 Å². The van der Waals surface area contributed by atoms with Gasteiger partial charge in [0.1, 0.15) is 12.4 Å². The van der Waals surface area contributed by atoms with E-state index >= 15 is 0 Å². The van der Waals surface area contributed by atoms with Crippen molar-refractivity contribution in [2.75, 3.05) is 26.7 Å². The van der Waals surface area contributed by atoms with Crippen molar-refractivity contribution in [2.45, 2.75) is 20.0 Å². The zero-order chi connectivity index (χ0) is 18.5. The van der Waals surface area contributed by atoms with E-state index in [0.717, 1.165) is 18.0 Å². The maximum atomic E-state index is 12.6. The summed E-state index contributed by atoms with van der Waals surface area (Å²) in [6.07, 6.45) is 0.502. The highest BCUT2D eigenvalue weighted by atomic mass is 16.5. The van der Waals surface area contributed by atoms with Gasteiger partial charge in [-0.15, -0.1) is 0 Å². The number of rotatable bonds is 7. The molecule has 0 spiro atoms. The van der Waals surface area contributed by atoms with Gasteiger partial charge in [0.25, 0.3) is 5.91 Å². The molecule has 1 N–H and O–H groups in total. The smallest absolute Gasteiger partial charge is 0.274 e. The van der Waals surface area contributed by atoms with Crippen LogP contribution < -0.4 is 4.74 Å². The number of H-pyrrole nitrogens is 1. The molecular formula is C19H24N4O3. The molecule has 1 aliphatic heterocycles. The van der Waals surface area contributed by atoms with Crippen molar-refractivity contribution in [1.82, 2.24) is 20.0 Å². The Morgan fingerprint density at radius 3 is 2.85 bits per heavy atom. The fraction of sp³-hybridized carbons (Fsp3) is 0.421. The second kappa shape index (κ2) is 8.03. The fourth-order valence-electron chi connectivity index (χ4n) is 3.17. The maximum Gasteiger partial charge on any atom is 0.274 e. The molecule has 0 radical (unpaired) electrons. The van der Waals surface area contributed by atoms with Gasteiger partial charge in [-0.25, -0.2) is 0 Å². The summed E-state index contributed by atoms with van der Waals surface area (Å²) in [6, 6.07) is 11.2. The zero-order valence-electron chi connectivity index (χ0n) is 15.1. The normalized spacial score (nSPS) is 16.8. The van der Waals surface area contributed by atoms with Crippen LogP contribution in [0.4, 0.5) is 0 Å². The minimum absolute atomic E-state index is 0.158. The molecule has 1 aromatic carbocycles. The molecule has 2 heterocycles. The monoisotopic (exact) mass is 356 g/mol. The Labute approximate surface area is 152 Å². The predicted octanol–water partition coefficient (Wildman–Crippen LogP) is 1.93. The third-order valence-corrected chi connectivity index (χ3v) is 4.54. The first-order valence-corrected chi connectivity index (χ1v) is 8.82. The molecule has 1 aromatic heterocycles. The van der Waals surface area contributed by atoms with Gasteiger partial charge < -0.3 is 14.5 Å². The van der Waals surface area contributed by atoms with Gasteiger partial charge in [0.15, 0.2) is 5.69 Å². The van der Waals surface area contributed by atoms with E-state index in [4.69, 9.17) is 4.74 Å². The van der Waals surface area contributed by atoms with Crippen molar-refractivity contribution >= 4 is 11.8 Å². The van der Waals surface area contributed by atoms with Gasteiger partial charge >= 0.3 is 0 Å². The van der Waals surface area contributed by atoms with Crippen LogP contribution in [0.3, 0.4) is 0 Å². The first-order valence-electron chi connectivity index (χ1n) is 8.82. The molecule has 0 saturated carbocycles. The Hall–Kier alpha value is -2.83. The topological polar surface area (TPSA) is 78.5 Å². The lowest BCUT2D eigenvalue weighted by atomic mass is 10.1. The second-order valence-electron chi connectivity index (χ2n) is 6.57. The summed E-state index contributed by atoms with van der Waals surface area (Å²) in [5, 5.41) is 6.94. The lowest BCUT2D eigenvalue weighted by molar-refractivity contribution is -0.127. The number of likely N-dealkylation sites (tertiary alicyclic amines) is 1. The maximum absolute atomic E-state index is 12.6. The third kappa shape index (κ3) is 4.22. The van der Waals surface area contributed by atoms with E-state index in [1.165, 1.54) is 0 Å². The van der Waals surface area contributed by atoms with Crippen LogP contribution in [0.15, 0.2) is 36.4 Å². The summed E-state index contributed by atoms with van der Waals surface area (Å²) in [4.78, 5) is 27.8. The van der Waals surface area contributed by atoms with Crippen LogP contribution >= 0.6 is 0 Å². The number of nitrogens with zero attached hydrogens (tertiary/aromatic N) is 3. The SMILES string of the molecule is CCN1C[C@H](CN(C)C(=O)c2cc(COc3ccccc3)[nH]n2)CC1=O. The molecular weight excluding hydrogens is 332 g/mol. The van der Waals surface area contributed by atoms with Gasteiger partial charge in [-0.3, -0.25) is 14.7 Å². The second-order valence-corrected chi connectivity index (χ2v) is 6.57.